The summed E-state index contributed by atoms with van der Waals surface area (Å²) in [5.41, 5.74) is 4.74. The largest absolute Gasteiger partial charge is 0.450 e. The van der Waals surface area contributed by atoms with Crippen molar-refractivity contribution in [3.8, 4) is 11.1 Å². The molecule has 1 aliphatic rings. The molecule has 0 aliphatic heterocycles. The Bertz CT molecular complexity index is 1090. The van der Waals surface area contributed by atoms with Crippen LogP contribution in [-0.2, 0) is 23.7 Å². The number of nitrogens with one attached hydrogen (secondary N) is 2. The maximum absolute atomic E-state index is 12.2. The van der Waals surface area contributed by atoms with E-state index in [2.05, 4.69) is 48.7 Å². The molecule has 0 saturated carbocycles. The molecule has 2 aromatic carbocycles. The van der Waals surface area contributed by atoms with Gasteiger partial charge in [0, 0.05) is 37.0 Å². The van der Waals surface area contributed by atoms with Crippen molar-refractivity contribution in [3.63, 3.8) is 0 Å². The van der Waals surface area contributed by atoms with E-state index in [4.69, 9.17) is 28.8 Å². The van der Waals surface area contributed by atoms with Gasteiger partial charge in [0.15, 0.2) is 0 Å². The SMILES string of the molecule is CC(C)(CCOC(=O)NCCOCCOCCNC(=O)OCC1c2ccccc2-c2ccccc21)SSCOCCCCO. The van der Waals surface area contributed by atoms with Gasteiger partial charge in [0.2, 0.25) is 0 Å². The average molecular weight is 651 g/mol. The molecule has 3 rings (SSSR count). The van der Waals surface area contributed by atoms with Gasteiger partial charge in [-0.1, -0.05) is 70.1 Å². The zero-order valence-corrected chi connectivity index (χ0v) is 27.4. The van der Waals surface area contributed by atoms with E-state index in [1.807, 2.05) is 24.3 Å². The molecule has 0 saturated heterocycles. The lowest BCUT2D eigenvalue weighted by Gasteiger charge is -2.22. The minimum absolute atomic E-state index is 0.0262. The fourth-order valence-corrected chi connectivity index (χ4v) is 6.77. The van der Waals surface area contributed by atoms with Gasteiger partial charge >= 0.3 is 12.2 Å². The van der Waals surface area contributed by atoms with Gasteiger partial charge in [-0.25, -0.2) is 9.59 Å². The second-order valence-electron chi connectivity index (χ2n) is 10.7. The first-order chi connectivity index (χ1) is 21.4. The Hall–Kier alpha value is -2.48. The molecule has 2 amide bonds. The van der Waals surface area contributed by atoms with E-state index in [1.54, 1.807) is 21.6 Å². The molecule has 0 unspecified atom stereocenters. The van der Waals surface area contributed by atoms with Crippen molar-refractivity contribution in [3.05, 3.63) is 59.7 Å². The lowest BCUT2D eigenvalue weighted by Crippen LogP contribution is -2.30. The highest BCUT2D eigenvalue weighted by atomic mass is 33.1. The minimum Gasteiger partial charge on any atom is -0.450 e. The Morgan fingerprint density at radius 1 is 0.773 bits per heavy atom. The number of benzene rings is 2. The summed E-state index contributed by atoms with van der Waals surface area (Å²) in [6.07, 6.45) is 1.40. The van der Waals surface area contributed by atoms with Gasteiger partial charge in [-0.15, -0.1) is 0 Å². The van der Waals surface area contributed by atoms with Crippen LogP contribution in [0.1, 0.15) is 50.2 Å². The summed E-state index contributed by atoms with van der Waals surface area (Å²) < 4.78 is 27.2. The maximum Gasteiger partial charge on any atom is 0.407 e. The zero-order chi connectivity index (χ0) is 31.5. The zero-order valence-electron chi connectivity index (χ0n) is 25.7. The Labute approximate surface area is 268 Å². The quantitative estimate of drug-likeness (QED) is 0.0845. The number of carbonyl (C=O) groups excluding carboxylic acids is 2. The molecule has 0 bridgehead atoms. The highest BCUT2D eigenvalue weighted by molar-refractivity contribution is 8.77. The average Bonchev–Trinajstić information content (AvgIpc) is 3.34. The maximum atomic E-state index is 12.2. The van der Waals surface area contributed by atoms with E-state index in [0.29, 0.717) is 65.1 Å². The monoisotopic (exact) mass is 650 g/mol. The van der Waals surface area contributed by atoms with Gasteiger partial charge in [0.25, 0.3) is 0 Å². The molecular weight excluding hydrogens is 604 g/mol. The molecule has 1 aliphatic carbocycles. The molecule has 0 aromatic heterocycles. The Kier molecular flexibility index (Phi) is 16.8. The normalized spacial score (nSPS) is 12.4. The first-order valence-electron chi connectivity index (χ1n) is 15.1. The van der Waals surface area contributed by atoms with E-state index < -0.39 is 12.2 Å². The van der Waals surface area contributed by atoms with Crippen molar-refractivity contribution in [2.45, 2.75) is 43.8 Å². The number of aliphatic hydroxyl groups is 1. The Morgan fingerprint density at radius 2 is 1.36 bits per heavy atom. The van der Waals surface area contributed by atoms with Crippen LogP contribution in [0.4, 0.5) is 9.59 Å². The van der Waals surface area contributed by atoms with Crippen molar-refractivity contribution >= 4 is 33.8 Å². The lowest BCUT2D eigenvalue weighted by molar-refractivity contribution is 0.0487. The van der Waals surface area contributed by atoms with E-state index in [1.165, 1.54) is 22.3 Å². The fourth-order valence-electron chi connectivity index (χ4n) is 4.50. The van der Waals surface area contributed by atoms with Gasteiger partial charge in [-0.3, -0.25) is 0 Å². The van der Waals surface area contributed by atoms with Crippen LogP contribution in [0.15, 0.2) is 48.5 Å². The highest BCUT2D eigenvalue weighted by Gasteiger charge is 2.29. The third kappa shape index (κ3) is 13.3. The van der Waals surface area contributed by atoms with Crippen LogP contribution in [0.3, 0.4) is 0 Å². The van der Waals surface area contributed by atoms with Crippen LogP contribution in [0.5, 0.6) is 0 Å². The fraction of sp³-hybridized carbons (Fsp3) is 0.562. The number of hydrogen-bond acceptors (Lipinski definition) is 10. The van der Waals surface area contributed by atoms with Gasteiger partial charge in [0.05, 0.1) is 33.0 Å². The van der Waals surface area contributed by atoms with Crippen LogP contribution in [0.25, 0.3) is 11.1 Å². The van der Waals surface area contributed by atoms with E-state index >= 15 is 0 Å². The molecule has 0 spiro atoms. The number of unbranched alkanes of at least 4 members (excludes halogenated alkanes) is 1. The van der Waals surface area contributed by atoms with Crippen LogP contribution >= 0.6 is 21.6 Å². The van der Waals surface area contributed by atoms with Gasteiger partial charge in [-0.2, -0.15) is 0 Å². The van der Waals surface area contributed by atoms with Gasteiger partial charge in [0.1, 0.15) is 12.5 Å². The number of fused-ring (bicyclic) bond motifs is 3. The summed E-state index contributed by atoms with van der Waals surface area (Å²) in [4.78, 5) is 24.1. The molecule has 244 valence electrons. The summed E-state index contributed by atoms with van der Waals surface area (Å²) in [7, 11) is 3.34. The molecule has 0 fully saturated rings. The number of ether oxygens (including phenoxy) is 5. The van der Waals surface area contributed by atoms with Crippen LogP contribution in [-0.4, -0.2) is 93.9 Å². The van der Waals surface area contributed by atoms with E-state index in [0.717, 1.165) is 12.8 Å². The molecular formula is C32H46N2O8S2. The van der Waals surface area contributed by atoms with Crippen LogP contribution in [0.2, 0.25) is 0 Å². The Balaban J connectivity index is 1.12. The number of rotatable bonds is 22. The summed E-state index contributed by atoms with van der Waals surface area (Å²) in [5, 5.41) is 14.2. The Morgan fingerprint density at radius 3 is 1.98 bits per heavy atom. The standard InChI is InChI=1S/C32H46N2O8S2/c1-32(2,44-43-24-40-17-8-7-16-35)13-18-41-30(36)33-14-19-38-21-22-39-20-15-34-31(37)42-23-29-27-11-5-3-9-25(27)26-10-4-6-12-28(26)29/h3-6,9-12,29,35H,7-8,13-24H2,1-2H3,(H,33,36)(H,34,37). The minimum atomic E-state index is -0.471. The summed E-state index contributed by atoms with van der Waals surface area (Å²) in [6, 6.07) is 16.5. The third-order valence-electron chi connectivity index (χ3n) is 6.80. The molecule has 0 atom stereocenters. The van der Waals surface area contributed by atoms with Crippen LogP contribution < -0.4 is 10.6 Å². The van der Waals surface area contributed by atoms with Crippen LogP contribution in [0, 0.1) is 0 Å². The molecule has 3 N–H and O–H groups in total. The molecule has 10 nitrogen and oxygen atoms in total. The molecule has 0 radical (unpaired) electrons. The second kappa shape index (κ2) is 20.5. The van der Waals surface area contributed by atoms with Crippen molar-refractivity contribution in [1.29, 1.82) is 0 Å². The number of aliphatic hydroxyl groups excluding tert-OH is 1. The van der Waals surface area contributed by atoms with Crippen molar-refractivity contribution in [2.24, 2.45) is 0 Å². The molecule has 2 aromatic rings. The number of amides is 2. The predicted molar refractivity (Wildman–Crippen MR) is 175 cm³/mol. The topological polar surface area (TPSA) is 125 Å². The second-order valence-corrected chi connectivity index (χ2v) is 13.7. The van der Waals surface area contributed by atoms with Gasteiger partial charge < -0.3 is 39.4 Å². The number of hydrogen-bond donors (Lipinski definition) is 3. The van der Waals surface area contributed by atoms with Crippen molar-refractivity contribution in [1.82, 2.24) is 10.6 Å². The summed E-state index contributed by atoms with van der Waals surface area (Å²) in [5.74, 6) is 0.614. The number of alkyl carbamates (subject to hydrolysis) is 2. The van der Waals surface area contributed by atoms with E-state index in [-0.39, 0.29) is 23.9 Å². The van der Waals surface area contributed by atoms with Gasteiger partial charge in [-0.05, 0) is 55.4 Å². The molecule has 0 heterocycles. The lowest BCUT2D eigenvalue weighted by atomic mass is 9.98. The highest BCUT2D eigenvalue weighted by Crippen LogP contribution is 2.44. The summed E-state index contributed by atoms with van der Waals surface area (Å²) >= 11 is 0. The van der Waals surface area contributed by atoms with Crippen molar-refractivity contribution < 1.29 is 38.4 Å². The first kappa shape index (κ1) is 36.0. The van der Waals surface area contributed by atoms with E-state index in [9.17, 15) is 9.59 Å². The smallest absolute Gasteiger partial charge is 0.407 e. The predicted octanol–water partition coefficient (Wildman–Crippen LogP) is 5.58. The first-order valence-corrected chi connectivity index (χ1v) is 17.4. The molecule has 44 heavy (non-hydrogen) atoms. The molecule has 12 heteroatoms. The summed E-state index contributed by atoms with van der Waals surface area (Å²) in [6.45, 7) is 7.73. The third-order valence-corrected chi connectivity index (χ3v) is 9.83. The van der Waals surface area contributed by atoms with Crippen molar-refractivity contribution in [2.75, 3.05) is 71.9 Å². The number of carbonyl (C=O) groups is 2.